The van der Waals surface area contributed by atoms with E-state index in [0.717, 1.165) is 5.56 Å². The summed E-state index contributed by atoms with van der Waals surface area (Å²) >= 11 is 5.58. The van der Waals surface area contributed by atoms with Crippen LogP contribution in [0.3, 0.4) is 0 Å². The van der Waals surface area contributed by atoms with Gasteiger partial charge < -0.3 is 4.74 Å². The van der Waals surface area contributed by atoms with Crippen molar-refractivity contribution in [2.75, 3.05) is 26.1 Å². The number of hydrogen-bond donors (Lipinski definition) is 0. The number of halogens is 1. The molecular formula is C13H17ClN2O3. The van der Waals surface area contributed by atoms with Gasteiger partial charge in [-0.25, -0.2) is 0 Å². The number of benzene rings is 1. The molecule has 0 saturated carbocycles. The maximum absolute atomic E-state index is 10.8. The molecule has 0 aliphatic rings. The molecule has 0 spiro atoms. The molecule has 0 saturated heterocycles. The van der Waals surface area contributed by atoms with E-state index in [1.165, 1.54) is 12.1 Å². The third kappa shape index (κ3) is 4.89. The van der Waals surface area contributed by atoms with Crippen LogP contribution in [0.25, 0.3) is 0 Å². The van der Waals surface area contributed by atoms with E-state index in [4.69, 9.17) is 16.3 Å². The molecule has 1 rings (SSSR count). The first-order valence-electron chi connectivity index (χ1n) is 5.84. The molecule has 104 valence electrons. The summed E-state index contributed by atoms with van der Waals surface area (Å²) in [4.78, 5) is 12.4. The molecule has 5 nitrogen and oxygen atoms in total. The van der Waals surface area contributed by atoms with Crippen molar-refractivity contribution in [3.05, 3.63) is 46.5 Å². The molecule has 0 aliphatic heterocycles. The van der Waals surface area contributed by atoms with Crippen molar-refractivity contribution in [1.29, 1.82) is 0 Å². The smallest absolute Gasteiger partial charge is 0.270 e. The predicted octanol–water partition coefficient (Wildman–Crippen LogP) is 2.83. The summed E-state index contributed by atoms with van der Waals surface area (Å²) in [5.41, 5.74) is 0.823. The number of alkyl halides is 1. The van der Waals surface area contributed by atoms with Crippen LogP contribution in [0.15, 0.2) is 30.9 Å². The molecule has 0 aliphatic carbocycles. The Kier molecular flexibility index (Phi) is 6.32. The normalized spacial score (nSPS) is 10.5. The van der Waals surface area contributed by atoms with Gasteiger partial charge in [-0.1, -0.05) is 6.08 Å². The highest BCUT2D eigenvalue weighted by molar-refractivity contribution is 6.18. The summed E-state index contributed by atoms with van der Waals surface area (Å²) in [6.07, 6.45) is 1.77. The Labute approximate surface area is 117 Å². The average molecular weight is 285 g/mol. The molecule has 1 aromatic carbocycles. The van der Waals surface area contributed by atoms with Crippen LogP contribution in [0.1, 0.15) is 5.56 Å². The lowest BCUT2D eigenvalue weighted by atomic mass is 10.1. The van der Waals surface area contributed by atoms with Gasteiger partial charge in [-0.05, 0) is 13.1 Å². The van der Waals surface area contributed by atoms with Gasteiger partial charge in [0.15, 0.2) is 0 Å². The summed E-state index contributed by atoms with van der Waals surface area (Å²) in [6.45, 7) is 5.27. The highest BCUT2D eigenvalue weighted by Crippen LogP contribution is 2.25. The van der Waals surface area contributed by atoms with Gasteiger partial charge in [-0.15, -0.1) is 18.2 Å². The van der Waals surface area contributed by atoms with Gasteiger partial charge in [-0.2, -0.15) is 0 Å². The van der Waals surface area contributed by atoms with Gasteiger partial charge >= 0.3 is 0 Å². The van der Waals surface area contributed by atoms with Crippen molar-refractivity contribution in [1.82, 2.24) is 4.90 Å². The number of ether oxygens (including phenoxy) is 1. The van der Waals surface area contributed by atoms with Crippen LogP contribution in [-0.4, -0.2) is 35.9 Å². The van der Waals surface area contributed by atoms with Crippen molar-refractivity contribution in [3.63, 3.8) is 0 Å². The fourth-order valence-electron chi connectivity index (χ4n) is 1.67. The number of nitrogens with zero attached hydrogens (tertiary/aromatic N) is 2. The number of non-ortho nitro benzene ring substituents is 1. The van der Waals surface area contributed by atoms with E-state index < -0.39 is 4.92 Å². The average Bonchev–Trinajstić information content (AvgIpc) is 2.37. The molecule has 0 bridgehead atoms. The van der Waals surface area contributed by atoms with Gasteiger partial charge in [0.2, 0.25) is 0 Å². The van der Waals surface area contributed by atoms with E-state index in [2.05, 4.69) is 6.58 Å². The summed E-state index contributed by atoms with van der Waals surface area (Å²) in [5.74, 6) is 1.00. The standard InChI is InChI=1S/C13H17ClN2O3/c1-3-7-15(2)10-11-9-12(16(17)18)4-5-13(11)19-8-6-14/h3-5,9H,1,6-8,10H2,2H3. The quantitative estimate of drug-likeness (QED) is 0.319. The number of rotatable bonds is 8. The van der Waals surface area contributed by atoms with Crippen molar-refractivity contribution in [2.45, 2.75) is 6.54 Å². The number of nitro benzene ring substituents is 1. The number of nitro groups is 1. The SMILES string of the molecule is C=CCN(C)Cc1cc([N+](=O)[O-])ccc1OCCCl. The second-order valence-electron chi connectivity index (χ2n) is 4.07. The molecule has 6 heteroatoms. The van der Waals surface area contributed by atoms with Crippen molar-refractivity contribution >= 4 is 17.3 Å². The molecule has 0 radical (unpaired) electrons. The van der Waals surface area contributed by atoms with Gasteiger partial charge in [-0.3, -0.25) is 15.0 Å². The van der Waals surface area contributed by atoms with Crippen molar-refractivity contribution in [3.8, 4) is 5.75 Å². The van der Waals surface area contributed by atoms with Crippen LogP contribution in [0, 0.1) is 10.1 Å². The van der Waals surface area contributed by atoms with Gasteiger partial charge in [0, 0.05) is 30.8 Å². The van der Waals surface area contributed by atoms with Crippen molar-refractivity contribution < 1.29 is 9.66 Å². The van der Waals surface area contributed by atoms with Crippen LogP contribution < -0.4 is 4.74 Å². The van der Waals surface area contributed by atoms with Crippen LogP contribution in [0.2, 0.25) is 0 Å². The molecule has 0 amide bonds. The second-order valence-corrected chi connectivity index (χ2v) is 4.45. The topological polar surface area (TPSA) is 55.6 Å². The maximum atomic E-state index is 10.8. The lowest BCUT2D eigenvalue weighted by Gasteiger charge is -2.17. The minimum Gasteiger partial charge on any atom is -0.492 e. The summed E-state index contributed by atoms with van der Waals surface area (Å²) in [5, 5.41) is 10.8. The Morgan fingerprint density at radius 1 is 1.58 bits per heavy atom. The Hall–Kier alpha value is -1.59. The Balaban J connectivity index is 2.95. The highest BCUT2D eigenvalue weighted by atomic mass is 35.5. The fraction of sp³-hybridized carbons (Fsp3) is 0.385. The fourth-order valence-corrected chi connectivity index (χ4v) is 1.75. The van der Waals surface area contributed by atoms with E-state index in [-0.39, 0.29) is 5.69 Å². The lowest BCUT2D eigenvalue weighted by Crippen LogP contribution is -2.18. The first-order valence-corrected chi connectivity index (χ1v) is 6.37. The summed E-state index contributed by atoms with van der Waals surface area (Å²) < 4.78 is 5.49. The molecule has 0 atom stereocenters. The first kappa shape index (κ1) is 15.5. The largest absolute Gasteiger partial charge is 0.492 e. The maximum Gasteiger partial charge on any atom is 0.270 e. The van der Waals surface area contributed by atoms with Gasteiger partial charge in [0.05, 0.1) is 10.8 Å². The van der Waals surface area contributed by atoms with E-state index in [1.54, 1.807) is 12.1 Å². The van der Waals surface area contributed by atoms with E-state index >= 15 is 0 Å². The van der Waals surface area contributed by atoms with Crippen LogP contribution in [0.4, 0.5) is 5.69 Å². The molecule has 1 aromatic rings. The third-order valence-electron chi connectivity index (χ3n) is 2.47. The van der Waals surface area contributed by atoms with Crippen LogP contribution in [0.5, 0.6) is 5.75 Å². The first-order chi connectivity index (χ1) is 9.08. The molecular weight excluding hydrogens is 268 g/mol. The van der Waals surface area contributed by atoms with E-state index in [0.29, 0.717) is 31.3 Å². The Bertz CT molecular complexity index is 452. The van der Waals surface area contributed by atoms with E-state index in [1.807, 2.05) is 11.9 Å². The molecule has 0 fully saturated rings. The predicted molar refractivity (Wildman–Crippen MR) is 75.8 cm³/mol. The minimum atomic E-state index is -0.414. The number of likely N-dealkylation sites (N-methyl/N-ethyl adjacent to an activating group) is 1. The highest BCUT2D eigenvalue weighted by Gasteiger charge is 2.13. The second kappa shape index (κ2) is 7.76. The zero-order valence-corrected chi connectivity index (χ0v) is 11.6. The molecule has 0 aromatic heterocycles. The Morgan fingerprint density at radius 3 is 2.89 bits per heavy atom. The van der Waals surface area contributed by atoms with Crippen molar-refractivity contribution in [2.24, 2.45) is 0 Å². The summed E-state index contributed by atoms with van der Waals surface area (Å²) in [7, 11) is 1.91. The third-order valence-corrected chi connectivity index (χ3v) is 2.62. The molecule has 19 heavy (non-hydrogen) atoms. The molecule has 0 N–H and O–H groups in total. The van der Waals surface area contributed by atoms with Crippen LogP contribution >= 0.6 is 11.6 Å². The van der Waals surface area contributed by atoms with Gasteiger partial charge in [0.1, 0.15) is 12.4 Å². The Morgan fingerprint density at radius 2 is 2.32 bits per heavy atom. The lowest BCUT2D eigenvalue weighted by molar-refractivity contribution is -0.384. The zero-order valence-electron chi connectivity index (χ0n) is 10.8. The monoisotopic (exact) mass is 284 g/mol. The molecule has 0 unspecified atom stereocenters. The van der Waals surface area contributed by atoms with Gasteiger partial charge in [0.25, 0.3) is 5.69 Å². The zero-order chi connectivity index (χ0) is 14.3. The van der Waals surface area contributed by atoms with E-state index in [9.17, 15) is 10.1 Å². The van der Waals surface area contributed by atoms with Crippen LogP contribution in [-0.2, 0) is 6.54 Å². The minimum absolute atomic E-state index is 0.0558. The molecule has 0 heterocycles. The summed E-state index contributed by atoms with van der Waals surface area (Å²) in [6, 6.07) is 4.57. The number of hydrogen-bond acceptors (Lipinski definition) is 4.